The van der Waals surface area contributed by atoms with Crippen molar-refractivity contribution >= 4 is 16.9 Å². The van der Waals surface area contributed by atoms with Crippen molar-refractivity contribution < 1.29 is 9.53 Å². The first kappa shape index (κ1) is 17.5. The van der Waals surface area contributed by atoms with Gasteiger partial charge in [0.1, 0.15) is 6.10 Å². The summed E-state index contributed by atoms with van der Waals surface area (Å²) in [5, 5.41) is 0. The predicted molar refractivity (Wildman–Crippen MR) is 105 cm³/mol. The van der Waals surface area contributed by atoms with Gasteiger partial charge in [0.2, 0.25) is 11.8 Å². The third-order valence-electron chi connectivity index (χ3n) is 4.95. The van der Waals surface area contributed by atoms with Crippen molar-refractivity contribution in [1.29, 1.82) is 0 Å². The molecule has 1 aliphatic rings. The Labute approximate surface area is 159 Å². The molecule has 1 amide bonds. The minimum Gasteiger partial charge on any atom is -0.473 e. The van der Waals surface area contributed by atoms with Crippen molar-refractivity contribution in [3.63, 3.8) is 0 Å². The van der Waals surface area contributed by atoms with Gasteiger partial charge in [-0.3, -0.25) is 4.79 Å². The Balaban J connectivity index is 1.32. The van der Waals surface area contributed by atoms with E-state index in [9.17, 15) is 4.79 Å². The van der Waals surface area contributed by atoms with Gasteiger partial charge in [0.05, 0.1) is 23.7 Å². The van der Waals surface area contributed by atoms with Gasteiger partial charge in [-0.05, 0) is 24.6 Å². The molecular weight excluding hydrogens is 338 g/mol. The Kier molecular flexibility index (Phi) is 5.01. The number of aryl methyl sites for hydroxylation is 1. The fraction of sp³-hybridized carbons (Fsp3) is 0.318. The lowest BCUT2D eigenvalue weighted by Gasteiger charge is -2.32. The Bertz CT molecular complexity index is 949. The average molecular weight is 361 g/mol. The fourth-order valence-electron chi connectivity index (χ4n) is 3.50. The molecular formula is C22H23N3O2. The maximum Gasteiger partial charge on any atom is 0.233 e. The molecule has 0 unspecified atom stereocenters. The van der Waals surface area contributed by atoms with E-state index in [4.69, 9.17) is 4.74 Å². The number of hydrogen-bond acceptors (Lipinski definition) is 4. The van der Waals surface area contributed by atoms with Crippen LogP contribution in [0.15, 0.2) is 54.7 Å². The molecule has 1 aromatic heterocycles. The number of ether oxygens (including phenoxy) is 1. The lowest BCUT2D eigenvalue weighted by molar-refractivity contribution is -0.132. The van der Waals surface area contributed by atoms with Gasteiger partial charge in [0.25, 0.3) is 0 Å². The summed E-state index contributed by atoms with van der Waals surface area (Å²) in [4.78, 5) is 23.4. The highest BCUT2D eigenvalue weighted by Crippen LogP contribution is 2.20. The standard InChI is InChI=1S/C22H23N3O2/c1-16-5-4-6-17(13-16)14-22(26)25-11-9-18(10-12-25)27-21-15-23-19-7-2-3-8-20(19)24-21/h2-8,13,15,18H,9-12,14H2,1H3. The van der Waals surface area contributed by atoms with E-state index in [2.05, 4.69) is 16.0 Å². The van der Waals surface area contributed by atoms with Crippen LogP contribution in [0, 0.1) is 6.92 Å². The van der Waals surface area contributed by atoms with E-state index in [-0.39, 0.29) is 12.0 Å². The van der Waals surface area contributed by atoms with Crippen LogP contribution in [0.3, 0.4) is 0 Å². The zero-order valence-electron chi connectivity index (χ0n) is 15.5. The molecule has 0 bridgehead atoms. The number of hydrogen-bond donors (Lipinski definition) is 0. The second-order valence-corrected chi connectivity index (χ2v) is 7.06. The van der Waals surface area contributed by atoms with Crippen molar-refractivity contribution in [3.05, 3.63) is 65.9 Å². The molecule has 2 heterocycles. The number of rotatable bonds is 4. The Morgan fingerprint density at radius 1 is 1.11 bits per heavy atom. The van der Waals surface area contributed by atoms with E-state index in [1.54, 1.807) is 6.20 Å². The van der Waals surface area contributed by atoms with E-state index in [1.807, 2.05) is 54.3 Å². The number of likely N-dealkylation sites (tertiary alicyclic amines) is 1. The molecule has 1 saturated heterocycles. The lowest BCUT2D eigenvalue weighted by Crippen LogP contribution is -2.42. The SMILES string of the molecule is Cc1cccc(CC(=O)N2CCC(Oc3cnc4ccccc4n3)CC2)c1. The number of piperidine rings is 1. The highest BCUT2D eigenvalue weighted by Gasteiger charge is 2.24. The average Bonchev–Trinajstić information content (AvgIpc) is 2.68. The summed E-state index contributed by atoms with van der Waals surface area (Å²) in [6.07, 6.45) is 3.84. The van der Waals surface area contributed by atoms with Gasteiger partial charge in [-0.25, -0.2) is 9.97 Å². The molecule has 1 fully saturated rings. The summed E-state index contributed by atoms with van der Waals surface area (Å²) in [5.74, 6) is 0.739. The van der Waals surface area contributed by atoms with Crippen molar-refractivity contribution in [2.45, 2.75) is 32.3 Å². The highest BCUT2D eigenvalue weighted by atomic mass is 16.5. The largest absolute Gasteiger partial charge is 0.473 e. The number of nitrogens with zero attached hydrogens (tertiary/aromatic N) is 3. The van der Waals surface area contributed by atoms with Crippen LogP contribution in [0.2, 0.25) is 0 Å². The molecule has 5 heteroatoms. The number of carbonyl (C=O) groups is 1. The third-order valence-corrected chi connectivity index (χ3v) is 4.95. The quantitative estimate of drug-likeness (QED) is 0.713. The first-order chi connectivity index (χ1) is 13.2. The van der Waals surface area contributed by atoms with Crippen LogP contribution >= 0.6 is 0 Å². The molecule has 2 aromatic carbocycles. The Morgan fingerprint density at radius 2 is 1.89 bits per heavy atom. The van der Waals surface area contributed by atoms with E-state index in [0.717, 1.165) is 42.5 Å². The maximum absolute atomic E-state index is 12.6. The van der Waals surface area contributed by atoms with Crippen LogP contribution in [0.1, 0.15) is 24.0 Å². The zero-order valence-corrected chi connectivity index (χ0v) is 15.5. The van der Waals surface area contributed by atoms with Crippen LogP contribution < -0.4 is 4.74 Å². The van der Waals surface area contributed by atoms with Crippen LogP contribution in [-0.4, -0.2) is 40.0 Å². The third kappa shape index (κ3) is 4.25. The van der Waals surface area contributed by atoms with E-state index < -0.39 is 0 Å². The first-order valence-electron chi connectivity index (χ1n) is 9.39. The van der Waals surface area contributed by atoms with Gasteiger partial charge in [-0.1, -0.05) is 42.0 Å². The van der Waals surface area contributed by atoms with Gasteiger partial charge in [-0.2, -0.15) is 0 Å². The summed E-state index contributed by atoms with van der Waals surface area (Å²) in [6, 6.07) is 15.9. The second kappa shape index (κ2) is 7.74. The molecule has 1 aliphatic heterocycles. The molecule has 0 radical (unpaired) electrons. The van der Waals surface area contributed by atoms with Crippen molar-refractivity contribution in [3.8, 4) is 5.88 Å². The summed E-state index contributed by atoms with van der Waals surface area (Å²) in [5.41, 5.74) is 3.95. The molecule has 0 saturated carbocycles. The van der Waals surface area contributed by atoms with Crippen LogP contribution in [0.25, 0.3) is 11.0 Å². The van der Waals surface area contributed by atoms with E-state index in [0.29, 0.717) is 12.3 Å². The molecule has 5 nitrogen and oxygen atoms in total. The van der Waals surface area contributed by atoms with Gasteiger partial charge in [0, 0.05) is 25.9 Å². The first-order valence-corrected chi connectivity index (χ1v) is 9.39. The molecule has 0 aliphatic carbocycles. The highest BCUT2D eigenvalue weighted by molar-refractivity contribution is 5.79. The summed E-state index contributed by atoms with van der Waals surface area (Å²) >= 11 is 0. The molecule has 138 valence electrons. The monoisotopic (exact) mass is 361 g/mol. The second-order valence-electron chi connectivity index (χ2n) is 7.06. The number of benzene rings is 2. The van der Waals surface area contributed by atoms with Crippen LogP contribution in [-0.2, 0) is 11.2 Å². The van der Waals surface area contributed by atoms with Crippen molar-refractivity contribution in [2.24, 2.45) is 0 Å². The Morgan fingerprint density at radius 3 is 2.67 bits per heavy atom. The van der Waals surface area contributed by atoms with Crippen LogP contribution in [0.5, 0.6) is 5.88 Å². The number of amides is 1. The van der Waals surface area contributed by atoms with Gasteiger partial charge < -0.3 is 9.64 Å². The molecule has 27 heavy (non-hydrogen) atoms. The number of aromatic nitrogens is 2. The normalized spacial score (nSPS) is 15.1. The van der Waals surface area contributed by atoms with Gasteiger partial charge >= 0.3 is 0 Å². The molecule has 0 atom stereocenters. The molecule has 3 aromatic rings. The zero-order chi connectivity index (χ0) is 18.6. The fourth-order valence-corrected chi connectivity index (χ4v) is 3.50. The number of carbonyl (C=O) groups excluding carboxylic acids is 1. The van der Waals surface area contributed by atoms with Crippen molar-refractivity contribution in [1.82, 2.24) is 14.9 Å². The lowest BCUT2D eigenvalue weighted by atomic mass is 10.0. The van der Waals surface area contributed by atoms with Crippen LogP contribution in [0.4, 0.5) is 0 Å². The van der Waals surface area contributed by atoms with Gasteiger partial charge in [-0.15, -0.1) is 0 Å². The number of fused-ring (bicyclic) bond motifs is 1. The number of para-hydroxylation sites is 2. The smallest absolute Gasteiger partial charge is 0.233 e. The maximum atomic E-state index is 12.6. The van der Waals surface area contributed by atoms with Crippen molar-refractivity contribution in [2.75, 3.05) is 13.1 Å². The summed E-state index contributed by atoms with van der Waals surface area (Å²) < 4.78 is 6.01. The summed E-state index contributed by atoms with van der Waals surface area (Å²) in [6.45, 7) is 3.49. The van der Waals surface area contributed by atoms with E-state index >= 15 is 0 Å². The van der Waals surface area contributed by atoms with Gasteiger partial charge in [0.15, 0.2) is 0 Å². The minimum atomic E-state index is 0.0727. The Hall–Kier alpha value is -2.95. The minimum absolute atomic E-state index is 0.0727. The topological polar surface area (TPSA) is 55.3 Å². The molecule has 0 N–H and O–H groups in total. The summed E-state index contributed by atoms with van der Waals surface area (Å²) in [7, 11) is 0. The molecule has 0 spiro atoms. The van der Waals surface area contributed by atoms with E-state index in [1.165, 1.54) is 5.56 Å². The molecule has 4 rings (SSSR count). The predicted octanol–water partition coefficient (Wildman–Crippen LogP) is 3.55.